The molecule has 0 aliphatic carbocycles. The van der Waals surface area contributed by atoms with E-state index in [1.54, 1.807) is 7.11 Å². The normalized spacial score (nSPS) is 18.8. The van der Waals surface area contributed by atoms with Crippen LogP contribution < -0.4 is 10.5 Å². The van der Waals surface area contributed by atoms with Crippen LogP contribution in [0.2, 0.25) is 0 Å². The topological polar surface area (TPSA) is 38.5 Å². The summed E-state index contributed by atoms with van der Waals surface area (Å²) in [6.07, 6.45) is 3.36. The molecule has 1 heterocycles. The largest absolute Gasteiger partial charge is 0.497 e. The minimum absolute atomic E-state index is 0.384. The summed E-state index contributed by atoms with van der Waals surface area (Å²) in [6, 6.07) is 8.12. The number of hydrogen-bond acceptors (Lipinski definition) is 3. The van der Waals surface area contributed by atoms with Gasteiger partial charge in [0.25, 0.3) is 0 Å². The van der Waals surface area contributed by atoms with Crippen LogP contribution in [-0.4, -0.2) is 31.6 Å². The predicted molar refractivity (Wildman–Crippen MR) is 84.0 cm³/mol. The van der Waals surface area contributed by atoms with Gasteiger partial charge in [-0.3, -0.25) is 0 Å². The molecule has 1 saturated heterocycles. The summed E-state index contributed by atoms with van der Waals surface area (Å²) in [5, 5.41) is 0. The monoisotopic (exact) mass is 274 g/mol. The molecule has 1 unspecified atom stereocenters. The Hall–Kier alpha value is -1.32. The number of benzene rings is 1. The van der Waals surface area contributed by atoms with Gasteiger partial charge < -0.3 is 15.4 Å². The highest BCUT2D eigenvalue weighted by Crippen LogP contribution is 2.30. The van der Waals surface area contributed by atoms with Gasteiger partial charge >= 0.3 is 0 Å². The Labute approximate surface area is 122 Å². The molecule has 1 aromatic carbocycles. The van der Waals surface area contributed by atoms with E-state index in [-0.39, 0.29) is 5.54 Å². The molecule has 0 radical (unpaired) electrons. The van der Waals surface area contributed by atoms with Crippen molar-refractivity contribution in [3.63, 3.8) is 0 Å². The van der Waals surface area contributed by atoms with E-state index in [2.05, 4.69) is 23.6 Å². The van der Waals surface area contributed by atoms with E-state index >= 15 is 0 Å². The summed E-state index contributed by atoms with van der Waals surface area (Å²) < 4.78 is 5.33. The van der Waals surface area contributed by atoms with Crippen molar-refractivity contribution < 1.29 is 4.74 Å². The van der Waals surface area contributed by atoms with Crippen molar-refractivity contribution in [2.75, 3.05) is 26.7 Å². The Bertz CT molecular complexity index is 466. The number of methoxy groups -OCH3 is 1. The molecule has 2 rings (SSSR count). The summed E-state index contributed by atoms with van der Waals surface area (Å²) in [5.41, 5.74) is 8.63. The van der Waals surface area contributed by atoms with Crippen LogP contribution in [-0.2, 0) is 5.54 Å². The van der Waals surface area contributed by atoms with Gasteiger partial charge in [-0.2, -0.15) is 0 Å². The molecule has 110 valence electrons. The second kappa shape index (κ2) is 6.42. The highest BCUT2D eigenvalue weighted by atomic mass is 16.5. The van der Waals surface area contributed by atoms with Crippen molar-refractivity contribution in [1.29, 1.82) is 0 Å². The summed E-state index contributed by atoms with van der Waals surface area (Å²) in [7, 11) is 1.69. The van der Waals surface area contributed by atoms with Crippen molar-refractivity contribution >= 4 is 0 Å². The molecule has 1 fully saturated rings. The van der Waals surface area contributed by atoms with Crippen LogP contribution in [0.3, 0.4) is 0 Å². The lowest BCUT2D eigenvalue weighted by molar-refractivity contribution is 0.244. The van der Waals surface area contributed by atoms with Crippen molar-refractivity contribution in [1.82, 2.24) is 4.90 Å². The smallest absolute Gasteiger partial charge is 0.119 e. The summed E-state index contributed by atoms with van der Waals surface area (Å²) in [6.45, 7) is 9.29. The third-order valence-electron chi connectivity index (χ3n) is 3.97. The number of nitrogens with zero attached hydrogens (tertiary/aromatic N) is 1. The molecule has 1 atom stereocenters. The van der Waals surface area contributed by atoms with E-state index in [9.17, 15) is 0 Å². The lowest BCUT2D eigenvalue weighted by atomic mass is 9.84. The molecule has 0 aromatic heterocycles. The van der Waals surface area contributed by atoms with Crippen molar-refractivity contribution in [3.05, 3.63) is 42.0 Å². The van der Waals surface area contributed by atoms with Crippen LogP contribution in [0.4, 0.5) is 0 Å². The first-order chi connectivity index (χ1) is 9.53. The molecule has 1 aliphatic rings. The molecule has 2 N–H and O–H groups in total. The number of nitrogens with two attached hydrogens (primary N) is 1. The number of ether oxygens (including phenoxy) is 1. The molecular formula is C17H26N2O. The minimum Gasteiger partial charge on any atom is -0.497 e. The first-order valence-electron chi connectivity index (χ1n) is 7.34. The van der Waals surface area contributed by atoms with Crippen LogP contribution in [0.1, 0.15) is 31.7 Å². The average molecular weight is 274 g/mol. The van der Waals surface area contributed by atoms with Gasteiger partial charge in [-0.25, -0.2) is 0 Å². The van der Waals surface area contributed by atoms with Gasteiger partial charge in [0, 0.05) is 6.54 Å². The van der Waals surface area contributed by atoms with Gasteiger partial charge in [0.15, 0.2) is 0 Å². The molecule has 0 bridgehead atoms. The van der Waals surface area contributed by atoms with Gasteiger partial charge in [-0.05, 0) is 57.0 Å². The maximum Gasteiger partial charge on any atom is 0.119 e. The molecular weight excluding hydrogens is 248 g/mol. The highest BCUT2D eigenvalue weighted by molar-refractivity contribution is 5.34. The van der Waals surface area contributed by atoms with Crippen molar-refractivity contribution in [2.45, 2.75) is 31.7 Å². The van der Waals surface area contributed by atoms with Crippen LogP contribution in [0.25, 0.3) is 0 Å². The van der Waals surface area contributed by atoms with Crippen molar-refractivity contribution in [2.24, 2.45) is 5.73 Å². The van der Waals surface area contributed by atoms with Gasteiger partial charge in [0.1, 0.15) is 5.75 Å². The van der Waals surface area contributed by atoms with Crippen LogP contribution in [0.5, 0.6) is 5.75 Å². The molecule has 3 heteroatoms. The lowest BCUT2D eigenvalue weighted by Crippen LogP contribution is -2.47. The Morgan fingerprint density at radius 1 is 1.40 bits per heavy atom. The SMILES string of the molecule is C=C(C)CC(N)(CN1CCCC1)c1cccc(OC)c1. The van der Waals surface area contributed by atoms with Crippen LogP contribution in [0, 0.1) is 0 Å². The number of hydrogen-bond donors (Lipinski definition) is 1. The summed E-state index contributed by atoms with van der Waals surface area (Å²) >= 11 is 0. The van der Waals surface area contributed by atoms with E-state index in [4.69, 9.17) is 10.5 Å². The first-order valence-corrected chi connectivity index (χ1v) is 7.34. The van der Waals surface area contributed by atoms with Gasteiger partial charge in [0.05, 0.1) is 12.6 Å². The molecule has 1 aromatic rings. The minimum atomic E-state index is -0.384. The number of rotatable bonds is 6. The zero-order chi connectivity index (χ0) is 14.6. The van der Waals surface area contributed by atoms with Crippen molar-refractivity contribution in [3.8, 4) is 5.75 Å². The molecule has 1 aliphatic heterocycles. The highest BCUT2D eigenvalue weighted by Gasteiger charge is 2.31. The van der Waals surface area contributed by atoms with E-state index in [0.717, 1.165) is 42.9 Å². The maximum atomic E-state index is 6.77. The zero-order valence-corrected chi connectivity index (χ0v) is 12.7. The Morgan fingerprint density at radius 2 is 2.10 bits per heavy atom. The molecule has 0 amide bonds. The second-order valence-electron chi connectivity index (χ2n) is 6.01. The van der Waals surface area contributed by atoms with E-state index in [0.29, 0.717) is 0 Å². The number of likely N-dealkylation sites (tertiary alicyclic amines) is 1. The molecule has 20 heavy (non-hydrogen) atoms. The summed E-state index contributed by atoms with van der Waals surface area (Å²) in [5.74, 6) is 0.862. The van der Waals surface area contributed by atoms with Gasteiger partial charge in [-0.1, -0.05) is 17.7 Å². The fourth-order valence-corrected chi connectivity index (χ4v) is 3.06. The molecule has 0 saturated carbocycles. The first kappa shape index (κ1) is 15.1. The second-order valence-corrected chi connectivity index (χ2v) is 6.01. The Kier molecular flexibility index (Phi) is 4.84. The standard InChI is InChI=1S/C17H26N2O/c1-14(2)12-17(18,13-19-9-4-5-10-19)15-7-6-8-16(11-15)20-3/h6-8,11H,1,4-5,9-10,12-13,18H2,2-3H3. The Balaban J connectivity index is 2.26. The maximum absolute atomic E-state index is 6.77. The fraction of sp³-hybridized carbons (Fsp3) is 0.529. The van der Waals surface area contributed by atoms with Crippen LogP contribution in [0.15, 0.2) is 36.4 Å². The van der Waals surface area contributed by atoms with Crippen LogP contribution >= 0.6 is 0 Å². The van der Waals surface area contributed by atoms with Gasteiger partial charge in [-0.15, -0.1) is 6.58 Å². The predicted octanol–water partition coefficient (Wildman–Crippen LogP) is 2.91. The van der Waals surface area contributed by atoms with E-state index < -0.39 is 0 Å². The fourth-order valence-electron chi connectivity index (χ4n) is 3.06. The third kappa shape index (κ3) is 3.62. The molecule has 0 spiro atoms. The summed E-state index contributed by atoms with van der Waals surface area (Å²) in [4.78, 5) is 2.46. The molecule has 3 nitrogen and oxygen atoms in total. The van der Waals surface area contributed by atoms with Gasteiger partial charge in [0.2, 0.25) is 0 Å². The zero-order valence-electron chi connectivity index (χ0n) is 12.7. The lowest BCUT2D eigenvalue weighted by Gasteiger charge is -2.34. The quantitative estimate of drug-likeness (QED) is 0.811. The average Bonchev–Trinajstić information content (AvgIpc) is 2.90. The third-order valence-corrected chi connectivity index (χ3v) is 3.97. The van der Waals surface area contributed by atoms with E-state index in [1.165, 1.54) is 12.8 Å². The Morgan fingerprint density at radius 3 is 2.70 bits per heavy atom. The van der Waals surface area contributed by atoms with E-state index in [1.807, 2.05) is 19.1 Å².